The van der Waals surface area contributed by atoms with E-state index >= 15 is 0 Å². The highest BCUT2D eigenvalue weighted by molar-refractivity contribution is 7.99. The number of ether oxygens (including phenoxy) is 2. The summed E-state index contributed by atoms with van der Waals surface area (Å²) >= 11 is 2.13. The Balaban J connectivity index is 1.46. The Morgan fingerprint density at radius 3 is 2.58 bits per heavy atom. The topological polar surface area (TPSA) is 138 Å². The van der Waals surface area contributed by atoms with Gasteiger partial charge in [-0.25, -0.2) is 4.79 Å². The van der Waals surface area contributed by atoms with E-state index in [9.17, 15) is 14.4 Å². The zero-order valence-corrected chi connectivity index (χ0v) is 22.8. The van der Waals surface area contributed by atoms with Gasteiger partial charge in [0.25, 0.3) is 5.91 Å². The predicted molar refractivity (Wildman–Crippen MR) is 147 cm³/mol. The third-order valence-corrected chi connectivity index (χ3v) is 8.28. The van der Waals surface area contributed by atoms with E-state index in [0.29, 0.717) is 23.1 Å². The second-order valence-corrected chi connectivity index (χ2v) is 10.7. The molecule has 12 heteroatoms. The Bertz CT molecular complexity index is 1340. The first kappa shape index (κ1) is 27.4. The Morgan fingerprint density at radius 1 is 1.24 bits per heavy atom. The smallest absolute Gasteiger partial charge is 0.341 e. The van der Waals surface area contributed by atoms with Gasteiger partial charge in [-0.15, -0.1) is 28.1 Å². The maximum absolute atomic E-state index is 12.8. The van der Waals surface area contributed by atoms with Gasteiger partial charge in [-0.2, -0.15) is 0 Å². The molecule has 1 aliphatic rings. The van der Waals surface area contributed by atoms with Gasteiger partial charge in [-0.05, 0) is 62.4 Å². The maximum atomic E-state index is 12.8. The van der Waals surface area contributed by atoms with Gasteiger partial charge in [0.05, 0.1) is 29.4 Å². The number of rotatable bonds is 11. The summed E-state index contributed by atoms with van der Waals surface area (Å²) in [5.41, 5.74) is 6.76. The number of hydrogen-bond acceptors (Lipinski definition) is 9. The molecule has 1 aliphatic carbocycles. The molecule has 4 rings (SSSR count). The standard InChI is InChI=1S/C26H29N5O5S2/c1-4-13-31-23(16-9-11-18(12-10-16)36-17-7-5-6-8-17)29-30-26(31)37-14-19(32)28-24-20(25(34)35-3)15(2)21(38-24)22(27)33/h4,9-12,17H,1,5-8,13-14H2,2-3H3,(H2,27,33)(H,28,32). The zero-order chi connectivity index (χ0) is 27.2. The van der Waals surface area contributed by atoms with Crippen molar-refractivity contribution in [2.24, 2.45) is 5.73 Å². The van der Waals surface area contributed by atoms with Gasteiger partial charge in [0.1, 0.15) is 10.8 Å². The first-order chi connectivity index (χ1) is 18.3. The fourth-order valence-corrected chi connectivity index (χ4v) is 6.07. The molecule has 0 spiro atoms. The average Bonchev–Trinajstić information content (AvgIpc) is 3.63. The van der Waals surface area contributed by atoms with E-state index in [1.165, 1.54) is 31.7 Å². The SMILES string of the molecule is C=CCn1c(SCC(=O)Nc2sc(C(N)=O)c(C)c2C(=O)OC)nnc1-c1ccc(OC2CCCC2)cc1. The van der Waals surface area contributed by atoms with E-state index in [-0.39, 0.29) is 33.2 Å². The van der Waals surface area contributed by atoms with Gasteiger partial charge in [-0.3, -0.25) is 14.2 Å². The van der Waals surface area contributed by atoms with Crippen LogP contribution in [0.25, 0.3) is 11.4 Å². The van der Waals surface area contributed by atoms with Crippen LogP contribution in [0, 0.1) is 6.92 Å². The second-order valence-electron chi connectivity index (χ2n) is 8.71. The minimum absolute atomic E-state index is 0.00704. The van der Waals surface area contributed by atoms with Crippen molar-refractivity contribution in [1.82, 2.24) is 14.8 Å². The van der Waals surface area contributed by atoms with Crippen LogP contribution in [-0.2, 0) is 16.1 Å². The molecule has 2 amide bonds. The summed E-state index contributed by atoms with van der Waals surface area (Å²) in [6.07, 6.45) is 6.61. The number of carbonyl (C=O) groups excluding carboxylic acids is 3. The first-order valence-corrected chi connectivity index (χ1v) is 13.9. The van der Waals surface area contributed by atoms with Crippen molar-refractivity contribution in [3.8, 4) is 17.1 Å². The van der Waals surface area contributed by atoms with E-state index in [2.05, 4.69) is 22.1 Å². The number of benzene rings is 1. The van der Waals surface area contributed by atoms with Gasteiger partial charge >= 0.3 is 5.97 Å². The van der Waals surface area contributed by atoms with Crippen LogP contribution in [0.4, 0.5) is 5.00 Å². The molecular weight excluding hydrogens is 526 g/mol. The molecule has 0 radical (unpaired) electrons. The summed E-state index contributed by atoms with van der Waals surface area (Å²) in [6.45, 7) is 5.86. The van der Waals surface area contributed by atoms with Crippen LogP contribution in [0.3, 0.4) is 0 Å². The monoisotopic (exact) mass is 555 g/mol. The zero-order valence-electron chi connectivity index (χ0n) is 21.2. The van der Waals surface area contributed by atoms with Crippen LogP contribution in [0.2, 0.25) is 0 Å². The van der Waals surface area contributed by atoms with E-state index in [0.717, 1.165) is 35.5 Å². The van der Waals surface area contributed by atoms with E-state index < -0.39 is 11.9 Å². The lowest BCUT2D eigenvalue weighted by atomic mass is 10.1. The van der Waals surface area contributed by atoms with Gasteiger partial charge in [-0.1, -0.05) is 17.8 Å². The predicted octanol–water partition coefficient (Wildman–Crippen LogP) is 4.44. The lowest BCUT2D eigenvalue weighted by Crippen LogP contribution is -2.16. The number of primary amides is 1. The fourth-order valence-electron chi connectivity index (χ4n) is 4.26. The van der Waals surface area contributed by atoms with Crippen molar-refractivity contribution in [2.45, 2.75) is 50.4 Å². The summed E-state index contributed by atoms with van der Waals surface area (Å²) in [7, 11) is 1.23. The second kappa shape index (κ2) is 12.3. The van der Waals surface area contributed by atoms with E-state index in [1.54, 1.807) is 13.0 Å². The lowest BCUT2D eigenvalue weighted by Gasteiger charge is -2.13. The lowest BCUT2D eigenvalue weighted by molar-refractivity contribution is -0.113. The van der Waals surface area contributed by atoms with Crippen LogP contribution in [-0.4, -0.2) is 51.5 Å². The maximum Gasteiger partial charge on any atom is 0.341 e. The largest absolute Gasteiger partial charge is 0.490 e. The first-order valence-electron chi connectivity index (χ1n) is 12.1. The highest BCUT2D eigenvalue weighted by Gasteiger charge is 2.25. The summed E-state index contributed by atoms with van der Waals surface area (Å²) in [5.74, 6) is -0.266. The Kier molecular flexibility index (Phi) is 8.85. The number of thioether (sulfide) groups is 1. The van der Waals surface area contributed by atoms with Crippen molar-refractivity contribution in [3.63, 3.8) is 0 Å². The van der Waals surface area contributed by atoms with Crippen LogP contribution in [0.15, 0.2) is 42.1 Å². The molecule has 10 nitrogen and oxygen atoms in total. The minimum Gasteiger partial charge on any atom is -0.490 e. The van der Waals surface area contributed by atoms with Crippen molar-refractivity contribution in [3.05, 3.63) is 52.9 Å². The van der Waals surface area contributed by atoms with Gasteiger partial charge in [0, 0.05) is 12.1 Å². The Labute approximate surface area is 228 Å². The number of amides is 2. The molecular formula is C26H29N5O5S2. The molecule has 0 saturated heterocycles. The minimum atomic E-state index is -0.685. The number of carbonyl (C=O) groups is 3. The number of anilines is 1. The molecule has 1 saturated carbocycles. The number of methoxy groups -OCH3 is 1. The Hall–Kier alpha value is -3.64. The summed E-state index contributed by atoms with van der Waals surface area (Å²) in [6, 6.07) is 7.75. The molecule has 38 heavy (non-hydrogen) atoms. The number of nitrogens with two attached hydrogens (primary N) is 1. The van der Waals surface area contributed by atoms with Gasteiger partial charge in [0.2, 0.25) is 5.91 Å². The molecule has 0 unspecified atom stereocenters. The molecule has 1 aromatic carbocycles. The van der Waals surface area contributed by atoms with E-state index in [1.807, 2.05) is 28.8 Å². The normalized spacial score (nSPS) is 13.3. The average molecular weight is 556 g/mol. The number of esters is 1. The molecule has 2 heterocycles. The third-order valence-electron chi connectivity index (χ3n) is 6.09. The Morgan fingerprint density at radius 2 is 1.95 bits per heavy atom. The fraction of sp³-hybridized carbons (Fsp3) is 0.346. The summed E-state index contributed by atoms with van der Waals surface area (Å²) in [4.78, 5) is 37.0. The molecule has 2 aromatic heterocycles. The molecule has 3 N–H and O–H groups in total. The molecule has 0 bridgehead atoms. The highest BCUT2D eigenvalue weighted by atomic mass is 32.2. The third kappa shape index (κ3) is 6.08. The van der Waals surface area contributed by atoms with Crippen molar-refractivity contribution >= 4 is 45.9 Å². The van der Waals surface area contributed by atoms with Crippen LogP contribution in [0.1, 0.15) is 51.3 Å². The number of thiophene rings is 1. The van der Waals surface area contributed by atoms with Crippen molar-refractivity contribution in [2.75, 3.05) is 18.2 Å². The number of allylic oxidation sites excluding steroid dienone is 1. The molecule has 3 aromatic rings. The van der Waals surface area contributed by atoms with Gasteiger partial charge < -0.3 is 20.5 Å². The van der Waals surface area contributed by atoms with Crippen LogP contribution < -0.4 is 15.8 Å². The molecule has 0 atom stereocenters. The summed E-state index contributed by atoms with van der Waals surface area (Å²) in [5, 5.41) is 12.1. The quantitative estimate of drug-likeness (QED) is 0.201. The number of nitrogens with one attached hydrogen (secondary N) is 1. The van der Waals surface area contributed by atoms with Gasteiger partial charge in [0.15, 0.2) is 11.0 Å². The van der Waals surface area contributed by atoms with Crippen molar-refractivity contribution < 1.29 is 23.9 Å². The number of hydrogen-bond donors (Lipinski definition) is 2. The van der Waals surface area contributed by atoms with Crippen LogP contribution >= 0.6 is 23.1 Å². The number of nitrogens with zero attached hydrogens (tertiary/aromatic N) is 3. The molecule has 0 aliphatic heterocycles. The number of aromatic nitrogens is 3. The summed E-state index contributed by atoms with van der Waals surface area (Å²) < 4.78 is 12.7. The van der Waals surface area contributed by atoms with E-state index in [4.69, 9.17) is 15.2 Å². The highest BCUT2D eigenvalue weighted by Crippen LogP contribution is 2.34. The molecule has 200 valence electrons. The van der Waals surface area contributed by atoms with Crippen molar-refractivity contribution in [1.29, 1.82) is 0 Å². The molecule has 1 fully saturated rings. The van der Waals surface area contributed by atoms with Crippen LogP contribution in [0.5, 0.6) is 5.75 Å².